The number of piperazine rings is 1. The van der Waals surface area contributed by atoms with Gasteiger partial charge in [0.2, 0.25) is 11.8 Å². The van der Waals surface area contributed by atoms with Gasteiger partial charge in [0.25, 0.3) is 0 Å². The normalized spacial score (nSPS) is 19.6. The number of hydrogen-bond acceptors (Lipinski definition) is 6. The maximum atomic E-state index is 12.4. The van der Waals surface area contributed by atoms with E-state index in [2.05, 4.69) is 34.0 Å². The Hall–Kier alpha value is -1.54. The van der Waals surface area contributed by atoms with Crippen LogP contribution in [0.4, 0.5) is 5.82 Å². The number of anilines is 1. The fourth-order valence-electron chi connectivity index (χ4n) is 3.26. The molecule has 1 aromatic heterocycles. The van der Waals surface area contributed by atoms with Gasteiger partial charge in [0.1, 0.15) is 11.0 Å². The van der Waals surface area contributed by atoms with Gasteiger partial charge in [-0.1, -0.05) is 36.7 Å². The molecule has 1 atom stereocenters. The SMILES string of the molecule is CCCCNC(=O)CSc1nc(Cl)cc(N2CCN(C(=O)C3CC3)[C@H](C)C2)n1. The summed E-state index contributed by atoms with van der Waals surface area (Å²) in [6.45, 7) is 6.99. The van der Waals surface area contributed by atoms with Crippen LogP contribution in [-0.2, 0) is 9.59 Å². The van der Waals surface area contributed by atoms with Gasteiger partial charge in [-0.2, -0.15) is 0 Å². The van der Waals surface area contributed by atoms with Crippen molar-refractivity contribution in [2.45, 2.75) is 50.7 Å². The molecule has 154 valence electrons. The van der Waals surface area contributed by atoms with E-state index >= 15 is 0 Å². The molecule has 28 heavy (non-hydrogen) atoms. The van der Waals surface area contributed by atoms with E-state index in [4.69, 9.17) is 11.6 Å². The summed E-state index contributed by atoms with van der Waals surface area (Å²) in [6, 6.07) is 1.88. The van der Waals surface area contributed by atoms with Gasteiger partial charge in [0.05, 0.1) is 5.75 Å². The summed E-state index contributed by atoms with van der Waals surface area (Å²) in [5.74, 6) is 1.53. The number of carbonyl (C=O) groups excluding carboxylic acids is 2. The number of carbonyl (C=O) groups is 2. The minimum absolute atomic E-state index is 0.0237. The Labute approximate surface area is 175 Å². The van der Waals surface area contributed by atoms with Gasteiger partial charge in [0.15, 0.2) is 5.16 Å². The van der Waals surface area contributed by atoms with Crippen molar-refractivity contribution in [1.29, 1.82) is 0 Å². The lowest BCUT2D eigenvalue weighted by atomic mass is 10.1. The van der Waals surface area contributed by atoms with Crippen LogP contribution in [0, 0.1) is 5.92 Å². The summed E-state index contributed by atoms with van der Waals surface area (Å²) in [6.07, 6.45) is 4.08. The monoisotopic (exact) mass is 425 g/mol. The highest BCUT2D eigenvalue weighted by atomic mass is 35.5. The first kappa shape index (κ1) is 21.2. The van der Waals surface area contributed by atoms with Crippen molar-refractivity contribution in [2.75, 3.05) is 36.8 Å². The van der Waals surface area contributed by atoms with Crippen molar-refractivity contribution in [2.24, 2.45) is 5.92 Å². The zero-order valence-corrected chi connectivity index (χ0v) is 18.1. The number of thioether (sulfide) groups is 1. The minimum Gasteiger partial charge on any atom is -0.355 e. The molecular formula is C19H28ClN5O2S. The standard InChI is InChI=1S/C19H28ClN5O2S/c1-3-4-7-21-17(26)12-28-19-22-15(20)10-16(23-19)24-8-9-25(13(2)11-24)18(27)14-5-6-14/h10,13-14H,3-9,11-12H2,1-2H3,(H,21,26)/t13-/m1/s1. The van der Waals surface area contributed by atoms with Crippen molar-refractivity contribution in [3.63, 3.8) is 0 Å². The van der Waals surface area contributed by atoms with E-state index in [1.54, 1.807) is 6.07 Å². The first-order valence-electron chi connectivity index (χ1n) is 9.97. The smallest absolute Gasteiger partial charge is 0.230 e. The Morgan fingerprint density at radius 1 is 1.32 bits per heavy atom. The number of nitrogens with zero attached hydrogens (tertiary/aromatic N) is 4. The van der Waals surface area contributed by atoms with Crippen LogP contribution in [0.15, 0.2) is 11.2 Å². The Morgan fingerprint density at radius 2 is 2.11 bits per heavy atom. The Morgan fingerprint density at radius 3 is 2.79 bits per heavy atom. The number of halogens is 1. The predicted octanol–water partition coefficient (Wildman–Crippen LogP) is 2.59. The van der Waals surface area contributed by atoms with Crippen molar-refractivity contribution < 1.29 is 9.59 Å². The third kappa shape index (κ3) is 5.73. The zero-order chi connectivity index (χ0) is 20.1. The van der Waals surface area contributed by atoms with Crippen LogP contribution in [0.1, 0.15) is 39.5 Å². The molecule has 9 heteroatoms. The molecule has 1 saturated heterocycles. The van der Waals surface area contributed by atoms with Crippen molar-refractivity contribution in [3.8, 4) is 0 Å². The second kappa shape index (κ2) is 9.78. The van der Waals surface area contributed by atoms with Gasteiger partial charge in [-0.05, 0) is 26.2 Å². The molecule has 1 aromatic rings. The summed E-state index contributed by atoms with van der Waals surface area (Å²) in [7, 11) is 0. The molecule has 0 aromatic carbocycles. The Kier molecular flexibility index (Phi) is 7.40. The second-order valence-corrected chi connectivity index (χ2v) is 8.75. The lowest BCUT2D eigenvalue weighted by Crippen LogP contribution is -2.54. The van der Waals surface area contributed by atoms with Crippen LogP contribution in [0.3, 0.4) is 0 Å². The number of aromatic nitrogens is 2. The van der Waals surface area contributed by atoms with E-state index in [0.717, 1.165) is 38.0 Å². The fourth-order valence-corrected chi connectivity index (χ4v) is 4.17. The molecule has 1 saturated carbocycles. The molecule has 2 heterocycles. The third-order valence-corrected chi connectivity index (χ3v) is 6.05. The summed E-state index contributed by atoms with van der Waals surface area (Å²) >= 11 is 7.48. The van der Waals surface area contributed by atoms with E-state index in [9.17, 15) is 9.59 Å². The summed E-state index contributed by atoms with van der Waals surface area (Å²) in [4.78, 5) is 37.2. The Bertz CT molecular complexity index is 716. The van der Waals surface area contributed by atoms with Gasteiger partial charge >= 0.3 is 0 Å². The molecule has 1 aliphatic carbocycles. The molecule has 2 amide bonds. The molecular weight excluding hydrogens is 398 g/mol. The molecule has 1 N–H and O–H groups in total. The van der Waals surface area contributed by atoms with Crippen LogP contribution in [0.25, 0.3) is 0 Å². The largest absolute Gasteiger partial charge is 0.355 e. The first-order valence-corrected chi connectivity index (χ1v) is 11.3. The molecule has 1 aliphatic heterocycles. The third-order valence-electron chi connectivity index (χ3n) is 5.01. The van der Waals surface area contributed by atoms with Gasteiger partial charge in [-0.3, -0.25) is 9.59 Å². The van der Waals surface area contributed by atoms with Gasteiger partial charge in [-0.15, -0.1) is 0 Å². The quantitative estimate of drug-likeness (QED) is 0.298. The van der Waals surface area contributed by atoms with Crippen molar-refractivity contribution in [1.82, 2.24) is 20.2 Å². The van der Waals surface area contributed by atoms with Gasteiger partial charge < -0.3 is 15.1 Å². The molecule has 7 nitrogen and oxygen atoms in total. The maximum absolute atomic E-state index is 12.4. The zero-order valence-electron chi connectivity index (χ0n) is 16.5. The predicted molar refractivity (Wildman–Crippen MR) is 112 cm³/mol. The van der Waals surface area contributed by atoms with Gasteiger partial charge in [-0.25, -0.2) is 9.97 Å². The first-order chi connectivity index (χ1) is 13.5. The highest BCUT2D eigenvalue weighted by Crippen LogP contribution is 2.32. The van der Waals surface area contributed by atoms with Crippen LogP contribution in [-0.4, -0.2) is 64.7 Å². The summed E-state index contributed by atoms with van der Waals surface area (Å²) in [5.41, 5.74) is 0. The lowest BCUT2D eigenvalue weighted by molar-refractivity contribution is -0.135. The van der Waals surface area contributed by atoms with E-state index in [-0.39, 0.29) is 29.5 Å². The van der Waals surface area contributed by atoms with Gasteiger partial charge in [0, 0.05) is 44.2 Å². The number of amides is 2. The molecule has 0 spiro atoms. The second-order valence-electron chi connectivity index (χ2n) is 7.42. The molecule has 0 unspecified atom stereocenters. The number of unbranched alkanes of at least 4 members (excludes halogenated alkanes) is 1. The maximum Gasteiger partial charge on any atom is 0.230 e. The highest BCUT2D eigenvalue weighted by molar-refractivity contribution is 7.99. The lowest BCUT2D eigenvalue weighted by Gasteiger charge is -2.40. The fraction of sp³-hybridized carbons (Fsp3) is 0.684. The van der Waals surface area contributed by atoms with Crippen molar-refractivity contribution in [3.05, 3.63) is 11.2 Å². The van der Waals surface area contributed by atoms with E-state index in [0.29, 0.717) is 29.9 Å². The highest BCUT2D eigenvalue weighted by Gasteiger charge is 2.37. The van der Waals surface area contributed by atoms with Crippen LogP contribution >= 0.6 is 23.4 Å². The summed E-state index contributed by atoms with van der Waals surface area (Å²) in [5, 5.41) is 3.75. The topological polar surface area (TPSA) is 78.4 Å². The molecule has 3 rings (SSSR count). The average molecular weight is 426 g/mol. The molecule has 0 radical (unpaired) electrons. The van der Waals surface area contributed by atoms with E-state index in [1.807, 2.05) is 4.90 Å². The Balaban J connectivity index is 1.57. The minimum atomic E-state index is -0.0237. The summed E-state index contributed by atoms with van der Waals surface area (Å²) < 4.78 is 0. The number of nitrogens with one attached hydrogen (secondary N) is 1. The van der Waals surface area contributed by atoms with E-state index in [1.165, 1.54) is 11.8 Å². The number of hydrogen-bond donors (Lipinski definition) is 1. The van der Waals surface area contributed by atoms with E-state index < -0.39 is 0 Å². The van der Waals surface area contributed by atoms with Crippen LogP contribution in [0.2, 0.25) is 5.15 Å². The molecule has 2 fully saturated rings. The van der Waals surface area contributed by atoms with Crippen LogP contribution in [0.5, 0.6) is 0 Å². The molecule has 2 aliphatic rings. The number of rotatable bonds is 8. The van der Waals surface area contributed by atoms with Crippen LogP contribution < -0.4 is 10.2 Å². The average Bonchev–Trinajstić information content (AvgIpc) is 3.51. The molecule has 0 bridgehead atoms. The van der Waals surface area contributed by atoms with Crippen molar-refractivity contribution >= 4 is 41.0 Å².